The minimum Gasteiger partial charge on any atom is -0.496 e. The number of amides is 1. The molecule has 2 rings (SSSR count). The van der Waals surface area contributed by atoms with E-state index in [9.17, 15) is 13.2 Å². The van der Waals surface area contributed by atoms with E-state index in [1.54, 1.807) is 51.3 Å². The van der Waals surface area contributed by atoms with Gasteiger partial charge in [-0.3, -0.25) is 9.52 Å². The normalized spacial score (nSPS) is 12.3. The summed E-state index contributed by atoms with van der Waals surface area (Å²) in [5, 5.41) is 2.86. The monoisotopic (exact) mass is 390 g/mol. The predicted octanol–water partition coefficient (Wildman–Crippen LogP) is 3.64. The second-order valence-electron chi connectivity index (χ2n) is 6.45. The highest BCUT2D eigenvalue weighted by molar-refractivity contribution is 7.92. The molecular weight excluding hydrogens is 364 g/mol. The molecule has 1 amide bonds. The van der Waals surface area contributed by atoms with E-state index in [0.717, 1.165) is 12.0 Å². The lowest BCUT2D eigenvalue weighted by molar-refractivity contribution is 0.0940. The molecule has 2 aromatic rings. The Morgan fingerprint density at radius 1 is 1.11 bits per heavy atom. The van der Waals surface area contributed by atoms with E-state index in [-0.39, 0.29) is 28.1 Å². The van der Waals surface area contributed by atoms with Crippen LogP contribution in [0, 0.1) is 13.8 Å². The van der Waals surface area contributed by atoms with Crippen molar-refractivity contribution in [2.75, 3.05) is 11.8 Å². The van der Waals surface area contributed by atoms with Crippen molar-refractivity contribution in [3.05, 3.63) is 53.1 Å². The van der Waals surface area contributed by atoms with Crippen molar-refractivity contribution in [2.45, 2.75) is 45.1 Å². The number of ether oxygens (including phenoxy) is 1. The number of para-hydroxylation sites is 1. The lowest BCUT2D eigenvalue weighted by atomic mass is 10.1. The fourth-order valence-corrected chi connectivity index (χ4v) is 4.04. The number of rotatable bonds is 7. The summed E-state index contributed by atoms with van der Waals surface area (Å²) >= 11 is 0. The van der Waals surface area contributed by atoms with Crippen LogP contribution in [0.5, 0.6) is 5.75 Å². The lowest BCUT2D eigenvalue weighted by Crippen LogP contribution is -2.32. The number of methoxy groups -OCH3 is 1. The van der Waals surface area contributed by atoms with Gasteiger partial charge in [0.2, 0.25) is 0 Å². The van der Waals surface area contributed by atoms with Crippen molar-refractivity contribution in [3.8, 4) is 5.75 Å². The van der Waals surface area contributed by atoms with Gasteiger partial charge in [-0.25, -0.2) is 8.42 Å². The van der Waals surface area contributed by atoms with E-state index < -0.39 is 10.0 Å². The van der Waals surface area contributed by atoms with Crippen LogP contribution in [-0.2, 0) is 10.0 Å². The fourth-order valence-electron chi connectivity index (χ4n) is 2.66. The van der Waals surface area contributed by atoms with Gasteiger partial charge in [0.15, 0.2) is 0 Å². The first-order valence-electron chi connectivity index (χ1n) is 8.78. The van der Waals surface area contributed by atoms with Gasteiger partial charge in [0, 0.05) is 6.04 Å². The average Bonchev–Trinajstić information content (AvgIpc) is 2.63. The van der Waals surface area contributed by atoms with Crippen LogP contribution in [0.4, 0.5) is 5.69 Å². The van der Waals surface area contributed by atoms with Gasteiger partial charge in [-0.2, -0.15) is 0 Å². The number of benzene rings is 2. The Bertz CT molecular complexity index is 939. The smallest absolute Gasteiger partial charge is 0.262 e. The SMILES string of the molecule is CC[C@@H](C)NC(=O)c1ccccc1NS(=O)(=O)c1ccc(OC)c(C)c1C. The Morgan fingerprint density at radius 2 is 1.78 bits per heavy atom. The van der Waals surface area contributed by atoms with Gasteiger partial charge in [0.25, 0.3) is 15.9 Å². The molecule has 146 valence electrons. The second kappa shape index (κ2) is 8.43. The van der Waals surface area contributed by atoms with Crippen molar-refractivity contribution in [3.63, 3.8) is 0 Å². The Balaban J connectivity index is 2.40. The van der Waals surface area contributed by atoms with E-state index in [1.165, 1.54) is 6.07 Å². The molecule has 0 aliphatic carbocycles. The zero-order valence-electron chi connectivity index (χ0n) is 16.3. The Labute approximate surface area is 161 Å². The highest BCUT2D eigenvalue weighted by atomic mass is 32.2. The van der Waals surface area contributed by atoms with Gasteiger partial charge >= 0.3 is 0 Å². The van der Waals surface area contributed by atoms with Crippen LogP contribution in [0.15, 0.2) is 41.3 Å². The average molecular weight is 391 g/mol. The molecule has 0 saturated heterocycles. The molecule has 0 radical (unpaired) electrons. The maximum Gasteiger partial charge on any atom is 0.262 e. The lowest BCUT2D eigenvalue weighted by Gasteiger charge is -2.17. The van der Waals surface area contributed by atoms with Gasteiger partial charge in [-0.15, -0.1) is 0 Å². The summed E-state index contributed by atoms with van der Waals surface area (Å²) in [5.74, 6) is 0.310. The second-order valence-corrected chi connectivity index (χ2v) is 8.10. The molecule has 0 saturated carbocycles. The maximum atomic E-state index is 12.9. The highest BCUT2D eigenvalue weighted by Crippen LogP contribution is 2.28. The highest BCUT2D eigenvalue weighted by Gasteiger charge is 2.22. The molecule has 0 fully saturated rings. The largest absolute Gasteiger partial charge is 0.496 e. The Kier molecular flexibility index (Phi) is 6.49. The molecule has 0 unspecified atom stereocenters. The zero-order valence-corrected chi connectivity index (χ0v) is 17.1. The van der Waals surface area contributed by atoms with Crippen LogP contribution in [-0.4, -0.2) is 27.5 Å². The van der Waals surface area contributed by atoms with Gasteiger partial charge < -0.3 is 10.1 Å². The zero-order chi connectivity index (χ0) is 20.2. The number of carbonyl (C=O) groups excluding carboxylic acids is 1. The van der Waals surface area contributed by atoms with Crippen LogP contribution in [0.25, 0.3) is 0 Å². The molecule has 27 heavy (non-hydrogen) atoms. The van der Waals surface area contributed by atoms with Crippen LogP contribution < -0.4 is 14.8 Å². The van der Waals surface area contributed by atoms with Gasteiger partial charge in [0.1, 0.15) is 5.75 Å². The maximum absolute atomic E-state index is 12.9. The summed E-state index contributed by atoms with van der Waals surface area (Å²) in [6, 6.07) is 9.68. The Morgan fingerprint density at radius 3 is 2.41 bits per heavy atom. The van der Waals surface area contributed by atoms with E-state index in [1.807, 2.05) is 13.8 Å². The number of sulfonamides is 1. The minimum atomic E-state index is -3.87. The van der Waals surface area contributed by atoms with Gasteiger partial charge in [-0.05, 0) is 62.6 Å². The molecule has 0 spiro atoms. The molecule has 0 aromatic heterocycles. The van der Waals surface area contributed by atoms with Crippen molar-refractivity contribution in [1.82, 2.24) is 5.32 Å². The molecule has 2 aromatic carbocycles. The summed E-state index contributed by atoms with van der Waals surface area (Å²) in [4.78, 5) is 12.7. The first kappa shape index (κ1) is 20.8. The van der Waals surface area contributed by atoms with Gasteiger partial charge in [0.05, 0.1) is 23.3 Å². The van der Waals surface area contributed by atoms with E-state index >= 15 is 0 Å². The van der Waals surface area contributed by atoms with Gasteiger partial charge in [-0.1, -0.05) is 19.1 Å². The van der Waals surface area contributed by atoms with Crippen molar-refractivity contribution in [1.29, 1.82) is 0 Å². The summed E-state index contributed by atoms with van der Waals surface area (Å²) in [7, 11) is -2.33. The molecule has 0 bridgehead atoms. The summed E-state index contributed by atoms with van der Waals surface area (Å²) in [6.45, 7) is 7.40. The third-order valence-electron chi connectivity index (χ3n) is 4.60. The van der Waals surface area contributed by atoms with Crippen molar-refractivity contribution in [2.24, 2.45) is 0 Å². The van der Waals surface area contributed by atoms with Crippen molar-refractivity contribution < 1.29 is 17.9 Å². The standard InChI is InChI=1S/C20H26N2O4S/c1-6-13(2)21-20(23)16-9-7-8-10-17(16)22-27(24,25)19-12-11-18(26-5)14(3)15(19)4/h7-13,22H,6H2,1-5H3,(H,21,23)/t13-/m1/s1. The Hall–Kier alpha value is -2.54. The molecule has 2 N–H and O–H groups in total. The molecule has 0 aliphatic rings. The third kappa shape index (κ3) is 4.60. The molecule has 1 atom stereocenters. The topological polar surface area (TPSA) is 84.5 Å². The van der Waals surface area contributed by atoms with Crippen LogP contribution in [0.2, 0.25) is 0 Å². The van der Waals surface area contributed by atoms with Crippen LogP contribution in [0.1, 0.15) is 41.8 Å². The number of carbonyl (C=O) groups is 1. The first-order chi connectivity index (χ1) is 12.7. The molecule has 0 aliphatic heterocycles. The summed E-state index contributed by atoms with van der Waals surface area (Å²) in [6.07, 6.45) is 0.782. The fraction of sp³-hybridized carbons (Fsp3) is 0.350. The summed E-state index contributed by atoms with van der Waals surface area (Å²) < 4.78 is 33.7. The van der Waals surface area contributed by atoms with E-state index in [0.29, 0.717) is 11.3 Å². The quantitative estimate of drug-likeness (QED) is 0.756. The third-order valence-corrected chi connectivity index (χ3v) is 6.11. The predicted molar refractivity (Wildman–Crippen MR) is 107 cm³/mol. The van der Waals surface area contributed by atoms with Crippen LogP contribution >= 0.6 is 0 Å². The molecule has 0 heterocycles. The number of anilines is 1. The van der Waals surface area contributed by atoms with Crippen LogP contribution in [0.3, 0.4) is 0 Å². The van der Waals surface area contributed by atoms with E-state index in [2.05, 4.69) is 10.0 Å². The number of hydrogen-bond donors (Lipinski definition) is 2. The minimum absolute atomic E-state index is 0.00588. The molecular formula is C20H26N2O4S. The summed E-state index contributed by atoms with van der Waals surface area (Å²) in [5.41, 5.74) is 1.88. The van der Waals surface area contributed by atoms with E-state index in [4.69, 9.17) is 4.74 Å². The number of nitrogens with one attached hydrogen (secondary N) is 2. The van der Waals surface area contributed by atoms with Crippen molar-refractivity contribution >= 4 is 21.6 Å². The molecule has 7 heteroatoms. The first-order valence-corrected chi connectivity index (χ1v) is 10.3. The number of hydrogen-bond acceptors (Lipinski definition) is 4. The molecule has 6 nitrogen and oxygen atoms in total.